The Balaban J connectivity index is 1.59. The minimum Gasteiger partial charge on any atom is -0.486 e. The zero-order valence-corrected chi connectivity index (χ0v) is 18.3. The SMILES string of the molecule is Cc1ccc(NC(=O)N(Cc2csc(COc3ccc(Cl)cc3)n2)C(C)C)cc1. The molecule has 0 aliphatic carbocycles. The van der Waals surface area contributed by atoms with Crippen LogP contribution < -0.4 is 10.1 Å². The summed E-state index contributed by atoms with van der Waals surface area (Å²) in [6.07, 6.45) is 0. The third-order valence-corrected chi connectivity index (χ3v) is 5.42. The smallest absolute Gasteiger partial charge is 0.322 e. The van der Waals surface area contributed by atoms with E-state index in [1.807, 2.05) is 62.5 Å². The van der Waals surface area contributed by atoms with E-state index in [0.29, 0.717) is 18.2 Å². The van der Waals surface area contributed by atoms with Gasteiger partial charge < -0.3 is 15.0 Å². The average molecular weight is 430 g/mol. The summed E-state index contributed by atoms with van der Waals surface area (Å²) < 4.78 is 5.75. The number of urea groups is 1. The topological polar surface area (TPSA) is 54.5 Å². The lowest BCUT2D eigenvalue weighted by Crippen LogP contribution is -2.39. The van der Waals surface area contributed by atoms with Crippen LogP contribution in [0.4, 0.5) is 10.5 Å². The molecule has 0 saturated heterocycles. The number of halogens is 1. The summed E-state index contributed by atoms with van der Waals surface area (Å²) in [5, 5.41) is 6.45. The van der Waals surface area contributed by atoms with Gasteiger partial charge in [-0.2, -0.15) is 0 Å². The minimum atomic E-state index is -0.143. The maximum absolute atomic E-state index is 12.7. The van der Waals surface area contributed by atoms with E-state index in [-0.39, 0.29) is 12.1 Å². The summed E-state index contributed by atoms with van der Waals surface area (Å²) >= 11 is 7.41. The predicted octanol–water partition coefficient (Wildman–Crippen LogP) is 6.13. The van der Waals surface area contributed by atoms with E-state index in [1.54, 1.807) is 17.0 Å². The van der Waals surface area contributed by atoms with Crippen molar-refractivity contribution in [3.8, 4) is 5.75 Å². The van der Waals surface area contributed by atoms with Crippen LogP contribution in [0.3, 0.4) is 0 Å². The van der Waals surface area contributed by atoms with Crippen molar-refractivity contribution >= 4 is 34.7 Å². The molecule has 0 bridgehead atoms. The molecule has 1 aromatic heterocycles. The number of hydrogen-bond donors (Lipinski definition) is 1. The molecule has 0 saturated carbocycles. The van der Waals surface area contributed by atoms with Gasteiger partial charge in [0.25, 0.3) is 0 Å². The second-order valence-corrected chi connectivity index (χ2v) is 8.37. The molecule has 0 radical (unpaired) electrons. The van der Waals surface area contributed by atoms with Crippen molar-refractivity contribution in [1.29, 1.82) is 0 Å². The number of anilines is 1. The Bertz CT molecular complexity index is 939. The zero-order valence-electron chi connectivity index (χ0n) is 16.7. The maximum atomic E-state index is 12.7. The summed E-state index contributed by atoms with van der Waals surface area (Å²) in [7, 11) is 0. The number of hydrogen-bond acceptors (Lipinski definition) is 4. The van der Waals surface area contributed by atoms with Crippen LogP contribution in [0.5, 0.6) is 5.75 Å². The zero-order chi connectivity index (χ0) is 20.8. The molecule has 0 aliphatic heterocycles. The first-order chi connectivity index (χ1) is 13.9. The first kappa shape index (κ1) is 21.1. The highest BCUT2D eigenvalue weighted by Crippen LogP contribution is 2.19. The molecule has 152 valence electrons. The summed E-state index contributed by atoms with van der Waals surface area (Å²) in [5.74, 6) is 0.743. The Morgan fingerprint density at radius 1 is 1.17 bits per heavy atom. The highest BCUT2D eigenvalue weighted by Gasteiger charge is 2.19. The van der Waals surface area contributed by atoms with Crippen LogP contribution in [0.2, 0.25) is 5.02 Å². The highest BCUT2D eigenvalue weighted by atomic mass is 35.5. The lowest BCUT2D eigenvalue weighted by molar-refractivity contribution is 0.193. The molecule has 2 aromatic carbocycles. The van der Waals surface area contributed by atoms with Crippen LogP contribution in [0, 0.1) is 6.92 Å². The summed E-state index contributed by atoms with van der Waals surface area (Å²) in [6, 6.07) is 14.9. The van der Waals surface area contributed by atoms with E-state index in [0.717, 1.165) is 27.7 Å². The molecule has 7 heteroatoms. The number of carbonyl (C=O) groups is 1. The standard InChI is InChI=1S/C22H24ClN3O2S/c1-15(2)26(22(27)25-18-8-4-16(3)5-9-18)12-19-14-29-21(24-19)13-28-20-10-6-17(23)7-11-20/h4-11,14-15H,12-13H2,1-3H3,(H,25,27). The number of thiazole rings is 1. The molecule has 1 heterocycles. The molecule has 0 aliphatic rings. The Hall–Kier alpha value is -2.57. The lowest BCUT2D eigenvalue weighted by atomic mass is 10.2. The van der Waals surface area contributed by atoms with Gasteiger partial charge in [0.1, 0.15) is 17.4 Å². The number of benzene rings is 2. The van der Waals surface area contributed by atoms with Gasteiger partial charge in [-0.1, -0.05) is 29.3 Å². The van der Waals surface area contributed by atoms with Crippen molar-refractivity contribution in [2.45, 2.75) is 40.0 Å². The van der Waals surface area contributed by atoms with E-state index >= 15 is 0 Å². The molecule has 5 nitrogen and oxygen atoms in total. The van der Waals surface area contributed by atoms with Crippen molar-refractivity contribution in [1.82, 2.24) is 9.88 Å². The molecule has 0 fully saturated rings. The largest absolute Gasteiger partial charge is 0.486 e. The number of nitrogens with zero attached hydrogens (tertiary/aromatic N) is 2. The Morgan fingerprint density at radius 2 is 1.86 bits per heavy atom. The number of aryl methyl sites for hydroxylation is 1. The number of carbonyl (C=O) groups excluding carboxylic acids is 1. The monoisotopic (exact) mass is 429 g/mol. The number of nitrogens with one attached hydrogen (secondary N) is 1. The molecule has 1 N–H and O–H groups in total. The normalized spacial score (nSPS) is 10.8. The van der Waals surface area contributed by atoms with Gasteiger partial charge in [0.2, 0.25) is 0 Å². The van der Waals surface area contributed by atoms with Crippen LogP contribution in [-0.2, 0) is 13.2 Å². The fourth-order valence-corrected chi connectivity index (χ4v) is 3.48. The number of rotatable bonds is 7. The number of amides is 2. The van der Waals surface area contributed by atoms with Crippen molar-refractivity contribution in [3.05, 3.63) is 75.2 Å². The van der Waals surface area contributed by atoms with Crippen LogP contribution in [0.25, 0.3) is 0 Å². The second kappa shape index (κ2) is 9.76. The quantitative estimate of drug-likeness (QED) is 0.491. The summed E-state index contributed by atoms with van der Waals surface area (Å²) in [5.41, 5.74) is 2.78. The van der Waals surface area contributed by atoms with E-state index in [1.165, 1.54) is 11.3 Å². The van der Waals surface area contributed by atoms with Gasteiger partial charge in [0.05, 0.1) is 12.2 Å². The van der Waals surface area contributed by atoms with Gasteiger partial charge in [0.15, 0.2) is 0 Å². The fraction of sp³-hybridized carbons (Fsp3) is 0.273. The van der Waals surface area contributed by atoms with Crippen LogP contribution in [0.15, 0.2) is 53.9 Å². The molecule has 0 unspecified atom stereocenters. The number of ether oxygens (including phenoxy) is 1. The molecule has 3 aromatic rings. The lowest BCUT2D eigenvalue weighted by Gasteiger charge is -2.26. The highest BCUT2D eigenvalue weighted by molar-refractivity contribution is 7.09. The Labute approximate surface area is 180 Å². The summed E-state index contributed by atoms with van der Waals surface area (Å²) in [4.78, 5) is 19.1. The third-order valence-electron chi connectivity index (χ3n) is 4.29. The van der Waals surface area contributed by atoms with Gasteiger partial charge in [-0.25, -0.2) is 9.78 Å². The van der Waals surface area contributed by atoms with Crippen LogP contribution >= 0.6 is 22.9 Å². The van der Waals surface area contributed by atoms with Gasteiger partial charge in [0, 0.05) is 22.1 Å². The van der Waals surface area contributed by atoms with E-state index in [9.17, 15) is 4.79 Å². The average Bonchev–Trinajstić information content (AvgIpc) is 3.15. The fourth-order valence-electron chi connectivity index (χ4n) is 2.66. The van der Waals surface area contributed by atoms with Crippen LogP contribution in [-0.4, -0.2) is 22.0 Å². The first-order valence-corrected chi connectivity index (χ1v) is 10.6. The van der Waals surface area contributed by atoms with Crippen molar-refractivity contribution in [3.63, 3.8) is 0 Å². The van der Waals surface area contributed by atoms with E-state index in [2.05, 4.69) is 10.3 Å². The molecule has 29 heavy (non-hydrogen) atoms. The second-order valence-electron chi connectivity index (χ2n) is 6.99. The van der Waals surface area contributed by atoms with Gasteiger partial charge in [-0.3, -0.25) is 0 Å². The van der Waals surface area contributed by atoms with E-state index in [4.69, 9.17) is 16.3 Å². The molecule has 0 spiro atoms. The molecular formula is C22H24ClN3O2S. The minimum absolute atomic E-state index is 0.0379. The van der Waals surface area contributed by atoms with Gasteiger partial charge in [-0.15, -0.1) is 11.3 Å². The molecule has 0 atom stereocenters. The first-order valence-electron chi connectivity index (χ1n) is 9.36. The molecular weight excluding hydrogens is 406 g/mol. The Kier molecular flexibility index (Phi) is 7.12. The predicted molar refractivity (Wildman–Crippen MR) is 119 cm³/mol. The summed E-state index contributed by atoms with van der Waals surface area (Å²) in [6.45, 7) is 6.82. The van der Waals surface area contributed by atoms with Crippen molar-refractivity contribution in [2.75, 3.05) is 5.32 Å². The van der Waals surface area contributed by atoms with Gasteiger partial charge in [-0.05, 0) is 57.2 Å². The molecule has 2 amide bonds. The van der Waals surface area contributed by atoms with Crippen molar-refractivity contribution in [2.24, 2.45) is 0 Å². The van der Waals surface area contributed by atoms with Crippen LogP contribution in [0.1, 0.15) is 30.1 Å². The number of aromatic nitrogens is 1. The van der Waals surface area contributed by atoms with Gasteiger partial charge >= 0.3 is 6.03 Å². The third kappa shape index (κ3) is 6.21. The van der Waals surface area contributed by atoms with E-state index < -0.39 is 0 Å². The maximum Gasteiger partial charge on any atom is 0.322 e. The van der Waals surface area contributed by atoms with Crippen molar-refractivity contribution < 1.29 is 9.53 Å². The molecule has 3 rings (SSSR count). The Morgan fingerprint density at radius 3 is 2.52 bits per heavy atom.